The van der Waals surface area contributed by atoms with E-state index in [1.54, 1.807) is 19.9 Å². The molecule has 2 aromatic heterocycles. The summed E-state index contributed by atoms with van der Waals surface area (Å²) in [5, 5.41) is 0. The molecule has 0 spiro atoms. The van der Waals surface area contributed by atoms with Gasteiger partial charge in [0.05, 0.1) is 0 Å². The maximum absolute atomic E-state index is 13.4. The van der Waals surface area contributed by atoms with Gasteiger partial charge in [-0.05, 0) is 25.5 Å². The van der Waals surface area contributed by atoms with Gasteiger partial charge in [-0.2, -0.15) is 22.0 Å². The van der Waals surface area contributed by atoms with Crippen molar-refractivity contribution >= 4 is 11.2 Å². The van der Waals surface area contributed by atoms with Gasteiger partial charge >= 0.3 is 12.1 Å². The molecule has 8 heteroatoms. The molecule has 0 amide bonds. The lowest BCUT2D eigenvalue weighted by atomic mass is 10.2. The lowest BCUT2D eigenvalue weighted by Crippen LogP contribution is -2.36. The molecule has 2 rings (SSSR count). The van der Waals surface area contributed by atoms with E-state index in [2.05, 4.69) is 9.97 Å². The molecule has 0 aliphatic heterocycles. The van der Waals surface area contributed by atoms with Crippen LogP contribution in [-0.4, -0.2) is 20.7 Å². The summed E-state index contributed by atoms with van der Waals surface area (Å²) in [6.07, 6.45) is -5.69. The minimum atomic E-state index is -5.69. The van der Waals surface area contributed by atoms with E-state index in [1.807, 2.05) is 0 Å². The maximum Gasteiger partial charge on any atom is 0.461 e. The summed E-state index contributed by atoms with van der Waals surface area (Å²) in [5.74, 6) is -6.36. The van der Waals surface area contributed by atoms with E-state index in [-0.39, 0.29) is 11.2 Å². The summed E-state index contributed by atoms with van der Waals surface area (Å²) >= 11 is 0. The van der Waals surface area contributed by atoms with Crippen LogP contribution in [0.5, 0.6) is 0 Å². The van der Waals surface area contributed by atoms with E-state index in [4.69, 9.17) is 0 Å². The van der Waals surface area contributed by atoms with Crippen molar-refractivity contribution in [2.24, 2.45) is 7.05 Å². The SMILES string of the molecule is Cc1cc(C)c2nc(C(F)(F)C(F)(F)F)n(C)c2n1. The molecule has 0 saturated carbocycles. The Kier molecular flexibility index (Phi) is 2.80. The normalized spacial score (nSPS) is 13.3. The van der Waals surface area contributed by atoms with Gasteiger partial charge in [-0.1, -0.05) is 0 Å². The third-order valence-corrected chi connectivity index (χ3v) is 2.78. The first-order valence-electron chi connectivity index (χ1n) is 5.31. The molecule has 2 aromatic rings. The number of nitrogens with zero attached hydrogens (tertiary/aromatic N) is 3. The van der Waals surface area contributed by atoms with Crippen molar-refractivity contribution in [3.05, 3.63) is 23.1 Å². The molecule has 0 aliphatic carbocycles. The van der Waals surface area contributed by atoms with Crippen molar-refractivity contribution in [1.29, 1.82) is 0 Å². The number of aryl methyl sites for hydroxylation is 3. The lowest BCUT2D eigenvalue weighted by Gasteiger charge is -2.18. The minimum absolute atomic E-state index is 0.0106. The number of rotatable bonds is 1. The summed E-state index contributed by atoms with van der Waals surface area (Å²) in [6, 6.07) is 1.57. The first kappa shape index (κ1) is 13.7. The number of imidazole rings is 1. The predicted molar refractivity (Wildman–Crippen MR) is 57.9 cm³/mol. The fourth-order valence-electron chi connectivity index (χ4n) is 1.87. The fraction of sp³-hybridized carbons (Fsp3) is 0.455. The Balaban J connectivity index is 2.77. The van der Waals surface area contributed by atoms with Crippen LogP contribution in [0.1, 0.15) is 17.1 Å². The van der Waals surface area contributed by atoms with Crippen LogP contribution in [0.25, 0.3) is 11.2 Å². The molecule has 0 fully saturated rings. The molecule has 0 unspecified atom stereocenters. The highest BCUT2D eigenvalue weighted by Gasteiger charge is 2.61. The Labute approximate surface area is 105 Å². The molecule has 0 N–H and O–H groups in total. The van der Waals surface area contributed by atoms with Gasteiger partial charge < -0.3 is 4.57 Å². The summed E-state index contributed by atoms with van der Waals surface area (Å²) in [5.41, 5.74) is 1.08. The van der Waals surface area contributed by atoms with Crippen molar-refractivity contribution in [1.82, 2.24) is 14.5 Å². The topological polar surface area (TPSA) is 30.7 Å². The first-order chi connectivity index (χ1) is 8.55. The third-order valence-electron chi connectivity index (χ3n) is 2.78. The van der Waals surface area contributed by atoms with E-state index in [1.165, 1.54) is 0 Å². The van der Waals surface area contributed by atoms with Crippen LogP contribution in [0.15, 0.2) is 6.07 Å². The smallest absolute Gasteiger partial charge is 0.310 e. The van der Waals surface area contributed by atoms with Crippen molar-refractivity contribution in [2.75, 3.05) is 0 Å². The van der Waals surface area contributed by atoms with Crippen LogP contribution < -0.4 is 0 Å². The van der Waals surface area contributed by atoms with E-state index >= 15 is 0 Å². The van der Waals surface area contributed by atoms with Crippen LogP contribution in [0.3, 0.4) is 0 Å². The van der Waals surface area contributed by atoms with Gasteiger partial charge in [-0.3, -0.25) is 0 Å². The fourth-order valence-corrected chi connectivity index (χ4v) is 1.87. The number of fused-ring (bicyclic) bond motifs is 1. The number of pyridine rings is 1. The van der Waals surface area contributed by atoms with Crippen molar-refractivity contribution in [3.63, 3.8) is 0 Å². The number of alkyl halides is 5. The van der Waals surface area contributed by atoms with E-state index in [9.17, 15) is 22.0 Å². The molecule has 0 bridgehead atoms. The van der Waals surface area contributed by atoms with Crippen LogP contribution in [0, 0.1) is 13.8 Å². The average Bonchev–Trinajstić information content (AvgIpc) is 2.55. The summed E-state index contributed by atoms with van der Waals surface area (Å²) in [7, 11) is 1.09. The summed E-state index contributed by atoms with van der Waals surface area (Å²) in [6.45, 7) is 3.21. The first-order valence-corrected chi connectivity index (χ1v) is 5.31. The predicted octanol–water partition coefficient (Wildman–Crippen LogP) is 3.24. The zero-order chi connectivity index (χ0) is 14.6. The molecule has 0 aromatic carbocycles. The van der Waals surface area contributed by atoms with Crippen LogP contribution in [0.4, 0.5) is 22.0 Å². The van der Waals surface area contributed by atoms with Gasteiger partial charge in [0.2, 0.25) is 0 Å². The van der Waals surface area contributed by atoms with Gasteiger partial charge in [-0.25, -0.2) is 9.97 Å². The number of halogens is 5. The van der Waals surface area contributed by atoms with Crippen molar-refractivity contribution in [2.45, 2.75) is 25.9 Å². The number of hydrogen-bond donors (Lipinski definition) is 0. The second kappa shape index (κ2) is 3.88. The van der Waals surface area contributed by atoms with Crippen LogP contribution in [-0.2, 0) is 13.0 Å². The lowest BCUT2D eigenvalue weighted by molar-refractivity contribution is -0.293. The molecule has 3 nitrogen and oxygen atoms in total. The summed E-state index contributed by atoms with van der Waals surface area (Å²) in [4.78, 5) is 7.37. The number of aromatic nitrogens is 3. The van der Waals surface area contributed by atoms with Crippen molar-refractivity contribution in [3.8, 4) is 0 Å². The van der Waals surface area contributed by atoms with Gasteiger partial charge in [0.15, 0.2) is 11.5 Å². The maximum atomic E-state index is 13.4. The highest BCUT2D eigenvalue weighted by molar-refractivity contribution is 5.76. The second-order valence-electron chi connectivity index (χ2n) is 4.32. The average molecular weight is 279 g/mol. The van der Waals surface area contributed by atoms with E-state index < -0.39 is 17.9 Å². The third kappa shape index (κ3) is 1.95. The van der Waals surface area contributed by atoms with Gasteiger partial charge in [0, 0.05) is 12.7 Å². The Morgan fingerprint density at radius 1 is 1.05 bits per heavy atom. The monoisotopic (exact) mass is 279 g/mol. The van der Waals surface area contributed by atoms with E-state index in [0.29, 0.717) is 15.8 Å². The van der Waals surface area contributed by atoms with Gasteiger partial charge in [0.1, 0.15) is 5.52 Å². The summed E-state index contributed by atoms with van der Waals surface area (Å²) < 4.78 is 64.6. The van der Waals surface area contributed by atoms with Crippen molar-refractivity contribution < 1.29 is 22.0 Å². The molecule has 0 saturated heterocycles. The quantitative estimate of drug-likeness (QED) is 0.750. The number of hydrogen-bond acceptors (Lipinski definition) is 2. The van der Waals surface area contributed by atoms with Gasteiger partial charge in [0.25, 0.3) is 0 Å². The molecule has 19 heavy (non-hydrogen) atoms. The molecular formula is C11H10F5N3. The highest BCUT2D eigenvalue weighted by atomic mass is 19.4. The molecular weight excluding hydrogens is 269 g/mol. The Morgan fingerprint density at radius 3 is 2.16 bits per heavy atom. The molecule has 2 heterocycles. The van der Waals surface area contributed by atoms with E-state index in [0.717, 1.165) is 7.05 Å². The zero-order valence-corrected chi connectivity index (χ0v) is 10.3. The standard InChI is InChI=1S/C11H10F5N3/c1-5-4-6(2)17-8-7(5)18-9(19(8)3)10(12,13)11(14,15)16/h4H,1-3H3. The van der Waals surface area contributed by atoms with Crippen LogP contribution >= 0.6 is 0 Å². The molecule has 0 radical (unpaired) electrons. The zero-order valence-electron chi connectivity index (χ0n) is 10.3. The molecule has 0 aliphatic rings. The van der Waals surface area contributed by atoms with Gasteiger partial charge in [-0.15, -0.1) is 0 Å². The highest BCUT2D eigenvalue weighted by Crippen LogP contribution is 2.43. The minimum Gasteiger partial charge on any atom is -0.310 e. The Morgan fingerprint density at radius 2 is 1.63 bits per heavy atom. The Bertz CT molecular complexity index is 642. The van der Waals surface area contributed by atoms with Crippen LogP contribution in [0.2, 0.25) is 0 Å². The Hall–Kier alpha value is -1.73. The molecule has 0 atom stereocenters. The molecule has 104 valence electrons. The largest absolute Gasteiger partial charge is 0.461 e. The second-order valence-corrected chi connectivity index (χ2v) is 4.32.